The van der Waals surface area contributed by atoms with Gasteiger partial charge in [-0.15, -0.1) is 0 Å². The molecule has 1 heterocycles. The van der Waals surface area contributed by atoms with Crippen molar-refractivity contribution in [2.24, 2.45) is 5.92 Å². The number of hydrogen-bond acceptors (Lipinski definition) is 2. The van der Waals surface area contributed by atoms with Crippen molar-refractivity contribution in [2.45, 2.75) is 20.3 Å². The van der Waals surface area contributed by atoms with E-state index < -0.39 is 5.97 Å². The zero-order valence-corrected chi connectivity index (χ0v) is 7.46. The maximum atomic E-state index is 10.5. The van der Waals surface area contributed by atoms with Crippen molar-refractivity contribution in [3.63, 3.8) is 0 Å². The minimum absolute atomic E-state index is 0.474. The van der Waals surface area contributed by atoms with Crippen LogP contribution in [0.15, 0.2) is 11.1 Å². The molecule has 0 radical (unpaired) electrons. The van der Waals surface area contributed by atoms with E-state index in [1.165, 1.54) is 0 Å². The smallest absolute Gasteiger partial charge is 0.331 e. The first-order chi connectivity index (χ1) is 5.61. The zero-order chi connectivity index (χ0) is 9.14. The van der Waals surface area contributed by atoms with Crippen molar-refractivity contribution < 1.29 is 14.6 Å². The van der Waals surface area contributed by atoms with Crippen molar-refractivity contribution in [1.29, 1.82) is 0 Å². The van der Waals surface area contributed by atoms with Crippen LogP contribution in [0.5, 0.6) is 0 Å². The summed E-state index contributed by atoms with van der Waals surface area (Å²) in [6.45, 7) is 5.09. The summed E-state index contributed by atoms with van der Waals surface area (Å²) in [5, 5.41) is 8.67. The number of carbonyl (C=O) groups is 1. The van der Waals surface area contributed by atoms with Gasteiger partial charge in [0.15, 0.2) is 0 Å². The summed E-state index contributed by atoms with van der Waals surface area (Å²) in [5.41, 5.74) is 1.44. The Morgan fingerprint density at radius 3 is 2.42 bits per heavy atom. The quantitative estimate of drug-likeness (QED) is 0.652. The van der Waals surface area contributed by atoms with Crippen LogP contribution in [0.1, 0.15) is 20.3 Å². The number of hydrogen-bond donors (Lipinski definition) is 1. The van der Waals surface area contributed by atoms with Crippen LogP contribution >= 0.6 is 0 Å². The fourth-order valence-electron chi connectivity index (χ4n) is 1.17. The van der Waals surface area contributed by atoms with E-state index in [9.17, 15) is 4.79 Å². The summed E-state index contributed by atoms with van der Waals surface area (Å²) < 4.78 is 5.01. The van der Waals surface area contributed by atoms with Crippen LogP contribution in [-0.2, 0) is 9.53 Å². The normalized spacial score (nSPS) is 19.8. The van der Waals surface area contributed by atoms with Gasteiger partial charge < -0.3 is 9.84 Å². The monoisotopic (exact) mass is 170 g/mol. The third-order valence-electron chi connectivity index (χ3n) is 2.26. The highest BCUT2D eigenvalue weighted by molar-refractivity contribution is 5.86. The lowest BCUT2D eigenvalue weighted by Gasteiger charge is -2.26. The molecule has 0 aromatic heterocycles. The van der Waals surface area contributed by atoms with Crippen molar-refractivity contribution in [3.8, 4) is 0 Å². The summed E-state index contributed by atoms with van der Waals surface area (Å²) >= 11 is 0. The predicted molar refractivity (Wildman–Crippen MR) is 44.9 cm³/mol. The van der Waals surface area contributed by atoms with Gasteiger partial charge in [-0.25, -0.2) is 4.79 Å². The van der Waals surface area contributed by atoms with Gasteiger partial charge in [0.2, 0.25) is 0 Å². The minimum Gasteiger partial charge on any atom is -0.478 e. The van der Waals surface area contributed by atoms with Crippen LogP contribution < -0.4 is 0 Å². The van der Waals surface area contributed by atoms with Gasteiger partial charge in [0.1, 0.15) is 0 Å². The van der Waals surface area contributed by atoms with Crippen LogP contribution in [0, 0.1) is 5.92 Å². The van der Waals surface area contributed by atoms with Gasteiger partial charge in [0.25, 0.3) is 0 Å². The Bertz CT molecular complexity index is 214. The molecule has 1 aliphatic rings. The topological polar surface area (TPSA) is 46.5 Å². The van der Waals surface area contributed by atoms with Gasteiger partial charge in [-0.3, -0.25) is 0 Å². The molecule has 1 N–H and O–H groups in total. The molecule has 0 aliphatic carbocycles. The van der Waals surface area contributed by atoms with Crippen LogP contribution in [-0.4, -0.2) is 24.3 Å². The number of ether oxygens (including phenoxy) is 1. The number of carboxylic acids is 1. The third kappa shape index (κ3) is 2.08. The average molecular weight is 170 g/mol. The van der Waals surface area contributed by atoms with Gasteiger partial charge in [0, 0.05) is 11.5 Å². The Labute approximate surface area is 72.0 Å². The van der Waals surface area contributed by atoms with E-state index in [4.69, 9.17) is 9.84 Å². The summed E-state index contributed by atoms with van der Waals surface area (Å²) in [5.74, 6) is -0.271. The Balaban J connectivity index is 2.48. The zero-order valence-electron chi connectivity index (χ0n) is 7.46. The van der Waals surface area contributed by atoms with Gasteiger partial charge in [-0.2, -0.15) is 0 Å². The first-order valence-corrected chi connectivity index (χ1v) is 4.08. The molecule has 0 aromatic carbocycles. The predicted octanol–water partition coefficient (Wildman–Crippen LogP) is 1.44. The lowest BCUT2D eigenvalue weighted by molar-refractivity contribution is -0.132. The standard InChI is InChI=1S/C9H14O3/c1-6(7(2)9(10)11)3-8-4-12-5-8/h8H,3-5H2,1-2H3,(H,10,11). The fourth-order valence-corrected chi connectivity index (χ4v) is 1.17. The first-order valence-electron chi connectivity index (χ1n) is 4.08. The molecule has 1 aliphatic heterocycles. The van der Waals surface area contributed by atoms with E-state index in [0.29, 0.717) is 11.5 Å². The largest absolute Gasteiger partial charge is 0.478 e. The molecule has 3 nitrogen and oxygen atoms in total. The van der Waals surface area contributed by atoms with Crippen molar-refractivity contribution in [3.05, 3.63) is 11.1 Å². The van der Waals surface area contributed by atoms with Gasteiger partial charge in [0.05, 0.1) is 13.2 Å². The molecule has 0 saturated carbocycles. The van der Waals surface area contributed by atoms with Gasteiger partial charge in [-0.1, -0.05) is 5.57 Å². The first kappa shape index (κ1) is 9.26. The molecule has 1 saturated heterocycles. The van der Waals surface area contributed by atoms with E-state index in [0.717, 1.165) is 25.2 Å². The van der Waals surface area contributed by atoms with Crippen LogP contribution in [0.25, 0.3) is 0 Å². The SMILES string of the molecule is CC(CC1COC1)=C(C)C(=O)O. The van der Waals surface area contributed by atoms with E-state index in [1.807, 2.05) is 6.92 Å². The van der Waals surface area contributed by atoms with Crippen molar-refractivity contribution in [2.75, 3.05) is 13.2 Å². The molecule has 0 amide bonds. The molecule has 0 spiro atoms. The summed E-state index contributed by atoms with van der Waals surface area (Å²) in [7, 11) is 0. The molecule has 0 atom stereocenters. The molecular formula is C9H14O3. The van der Waals surface area contributed by atoms with Crippen LogP contribution in [0.2, 0.25) is 0 Å². The fraction of sp³-hybridized carbons (Fsp3) is 0.667. The molecular weight excluding hydrogens is 156 g/mol. The Kier molecular flexibility index (Phi) is 2.87. The highest BCUT2D eigenvalue weighted by Crippen LogP contribution is 2.21. The summed E-state index contributed by atoms with van der Waals surface area (Å²) in [6, 6.07) is 0. The number of aliphatic carboxylic acids is 1. The van der Waals surface area contributed by atoms with E-state index >= 15 is 0 Å². The molecule has 0 aromatic rings. The number of carboxylic acid groups (broad SMARTS) is 1. The summed E-state index contributed by atoms with van der Waals surface area (Å²) in [6.07, 6.45) is 0.859. The lowest BCUT2D eigenvalue weighted by Crippen LogP contribution is -2.27. The van der Waals surface area contributed by atoms with Gasteiger partial charge >= 0.3 is 5.97 Å². The van der Waals surface area contributed by atoms with Crippen molar-refractivity contribution >= 4 is 5.97 Å². The third-order valence-corrected chi connectivity index (χ3v) is 2.26. The number of rotatable bonds is 3. The van der Waals surface area contributed by atoms with Crippen molar-refractivity contribution in [1.82, 2.24) is 0 Å². The Hall–Kier alpha value is -0.830. The molecule has 1 fully saturated rings. The summed E-state index contributed by atoms with van der Waals surface area (Å²) in [4.78, 5) is 10.5. The molecule has 3 heteroatoms. The van der Waals surface area contributed by atoms with Crippen LogP contribution in [0.4, 0.5) is 0 Å². The average Bonchev–Trinajstić information content (AvgIpc) is 1.94. The van der Waals surface area contributed by atoms with Gasteiger partial charge in [-0.05, 0) is 20.3 Å². The second kappa shape index (κ2) is 3.72. The lowest BCUT2D eigenvalue weighted by atomic mass is 9.96. The second-order valence-corrected chi connectivity index (χ2v) is 3.32. The van der Waals surface area contributed by atoms with Crippen LogP contribution in [0.3, 0.4) is 0 Å². The maximum Gasteiger partial charge on any atom is 0.331 e. The second-order valence-electron chi connectivity index (χ2n) is 3.32. The Morgan fingerprint density at radius 2 is 2.08 bits per heavy atom. The number of allylic oxidation sites excluding steroid dienone is 1. The molecule has 12 heavy (non-hydrogen) atoms. The Morgan fingerprint density at radius 1 is 1.50 bits per heavy atom. The minimum atomic E-state index is -0.812. The highest BCUT2D eigenvalue weighted by Gasteiger charge is 2.19. The molecule has 0 unspecified atom stereocenters. The molecule has 1 rings (SSSR count). The molecule has 0 bridgehead atoms. The van der Waals surface area contributed by atoms with E-state index in [2.05, 4.69) is 0 Å². The highest BCUT2D eigenvalue weighted by atomic mass is 16.5. The van der Waals surface area contributed by atoms with E-state index in [1.54, 1.807) is 6.92 Å². The molecule has 68 valence electrons. The maximum absolute atomic E-state index is 10.5. The van der Waals surface area contributed by atoms with E-state index in [-0.39, 0.29) is 0 Å².